The van der Waals surface area contributed by atoms with Gasteiger partial charge in [0.25, 0.3) is 11.8 Å². The Kier molecular flexibility index (Phi) is 8.39. The summed E-state index contributed by atoms with van der Waals surface area (Å²) in [5.74, 6) is 0.226. The monoisotopic (exact) mass is 482 g/mol. The van der Waals surface area contributed by atoms with Crippen molar-refractivity contribution in [1.82, 2.24) is 9.80 Å². The maximum atomic E-state index is 14.0. The van der Waals surface area contributed by atoms with Gasteiger partial charge >= 0.3 is 0 Å². The van der Waals surface area contributed by atoms with Gasteiger partial charge in [-0.2, -0.15) is 0 Å². The van der Waals surface area contributed by atoms with Crippen LogP contribution in [0.3, 0.4) is 0 Å². The van der Waals surface area contributed by atoms with E-state index in [1.807, 2.05) is 23.1 Å². The molecule has 1 spiro atoms. The second-order valence-electron chi connectivity index (χ2n) is 9.39. The van der Waals surface area contributed by atoms with Crippen LogP contribution < -0.4 is 4.74 Å². The highest BCUT2D eigenvalue weighted by Crippen LogP contribution is 2.30. The third-order valence-electron chi connectivity index (χ3n) is 6.89. The zero-order valence-corrected chi connectivity index (χ0v) is 20.5. The fraction of sp³-hybridized carbons (Fsp3) is 0.500. The molecular weight excluding hydrogens is 447 g/mol. The van der Waals surface area contributed by atoms with Gasteiger partial charge in [0.2, 0.25) is 0 Å². The Bertz CT molecular complexity index is 1010. The van der Waals surface area contributed by atoms with E-state index in [0.717, 1.165) is 37.9 Å². The third-order valence-corrected chi connectivity index (χ3v) is 6.89. The van der Waals surface area contributed by atoms with Gasteiger partial charge in [-0.25, -0.2) is 4.39 Å². The van der Waals surface area contributed by atoms with Gasteiger partial charge in [0.1, 0.15) is 18.2 Å². The minimum atomic E-state index is -1.08. The Morgan fingerprint density at radius 1 is 1.06 bits per heavy atom. The Morgan fingerprint density at radius 2 is 1.86 bits per heavy atom. The summed E-state index contributed by atoms with van der Waals surface area (Å²) >= 11 is 0. The number of morpholine rings is 1. The van der Waals surface area contributed by atoms with Gasteiger partial charge in [0, 0.05) is 18.7 Å². The van der Waals surface area contributed by atoms with Crippen LogP contribution in [0.2, 0.25) is 0 Å². The van der Waals surface area contributed by atoms with Crippen LogP contribution in [0.1, 0.15) is 54.9 Å². The molecule has 1 fully saturated rings. The molecule has 7 heteroatoms. The standard InChI is InChI=1S/C28H35FN2O4/c1-2-3-16-30-17-19-34-25-10-5-4-8-22(25)9-6-7-15-28(27(30)33)21-31(18-20-35-28)26(32)23-11-13-24(29)14-12-23/h4-5,8,10-14H,2-3,6-7,9,15-21H2,1H3. The number of aryl methyl sites for hydroxylation is 1. The summed E-state index contributed by atoms with van der Waals surface area (Å²) in [5.41, 5.74) is 0.503. The van der Waals surface area contributed by atoms with E-state index >= 15 is 0 Å². The number of rotatable bonds is 4. The van der Waals surface area contributed by atoms with E-state index < -0.39 is 5.60 Å². The molecule has 2 aromatic rings. The predicted octanol–water partition coefficient (Wildman–Crippen LogP) is 4.47. The van der Waals surface area contributed by atoms with Crippen molar-refractivity contribution in [1.29, 1.82) is 0 Å². The molecule has 6 nitrogen and oxygen atoms in total. The molecule has 1 unspecified atom stereocenters. The Hall–Kier alpha value is -2.93. The van der Waals surface area contributed by atoms with Crippen LogP contribution in [0.15, 0.2) is 48.5 Å². The second kappa shape index (κ2) is 11.7. The molecule has 4 rings (SSSR count). The smallest absolute Gasteiger partial charge is 0.256 e. The Balaban J connectivity index is 1.58. The number of benzene rings is 2. The van der Waals surface area contributed by atoms with Crippen LogP contribution in [-0.4, -0.2) is 66.6 Å². The van der Waals surface area contributed by atoms with Crippen molar-refractivity contribution in [2.75, 3.05) is 39.4 Å². The minimum Gasteiger partial charge on any atom is -0.491 e. The number of hydrogen-bond donors (Lipinski definition) is 0. The zero-order chi connectivity index (χ0) is 24.7. The third kappa shape index (κ3) is 6.01. The number of carbonyl (C=O) groups is 2. The van der Waals surface area contributed by atoms with E-state index in [-0.39, 0.29) is 24.2 Å². The van der Waals surface area contributed by atoms with Crippen molar-refractivity contribution in [3.05, 3.63) is 65.5 Å². The van der Waals surface area contributed by atoms with Gasteiger partial charge in [-0.1, -0.05) is 31.5 Å². The molecule has 0 N–H and O–H groups in total. The SMILES string of the molecule is CCCCN1CCOc2ccccc2CCCCC2(CN(C(=O)c3ccc(F)cc3)CCO2)C1=O. The molecule has 2 amide bonds. The van der Waals surface area contributed by atoms with Crippen LogP contribution in [0.25, 0.3) is 0 Å². The van der Waals surface area contributed by atoms with Crippen LogP contribution in [0.5, 0.6) is 5.75 Å². The Labute approximate surface area is 207 Å². The summed E-state index contributed by atoms with van der Waals surface area (Å²) in [5, 5.41) is 0. The number of nitrogens with zero attached hydrogens (tertiary/aromatic N) is 2. The molecule has 35 heavy (non-hydrogen) atoms. The van der Waals surface area contributed by atoms with E-state index in [4.69, 9.17) is 9.47 Å². The van der Waals surface area contributed by atoms with Crippen molar-refractivity contribution >= 4 is 11.8 Å². The van der Waals surface area contributed by atoms with E-state index in [9.17, 15) is 14.0 Å². The number of para-hydroxylation sites is 1. The molecule has 0 saturated carbocycles. The average molecular weight is 483 g/mol. The van der Waals surface area contributed by atoms with Crippen LogP contribution in [0.4, 0.5) is 4.39 Å². The normalized spacial score (nSPS) is 21.6. The first-order valence-electron chi connectivity index (χ1n) is 12.7. The number of hydrogen-bond acceptors (Lipinski definition) is 4. The molecule has 0 radical (unpaired) electrons. The maximum Gasteiger partial charge on any atom is 0.256 e. The first-order valence-corrected chi connectivity index (χ1v) is 12.7. The number of halogens is 1. The van der Waals surface area contributed by atoms with Gasteiger partial charge < -0.3 is 19.3 Å². The molecule has 1 saturated heterocycles. The first-order chi connectivity index (χ1) is 17.0. The van der Waals surface area contributed by atoms with Crippen molar-refractivity contribution in [2.45, 2.75) is 51.0 Å². The first kappa shape index (κ1) is 25.2. The van der Waals surface area contributed by atoms with Crippen molar-refractivity contribution in [3.63, 3.8) is 0 Å². The van der Waals surface area contributed by atoms with E-state index in [1.54, 1.807) is 4.90 Å². The number of fused-ring (bicyclic) bond motifs is 1. The molecule has 188 valence electrons. The molecule has 2 aliphatic rings. The topological polar surface area (TPSA) is 59.1 Å². The molecular formula is C28H35FN2O4. The van der Waals surface area contributed by atoms with Gasteiger partial charge in [-0.15, -0.1) is 0 Å². The fourth-order valence-corrected chi connectivity index (χ4v) is 4.92. The largest absolute Gasteiger partial charge is 0.491 e. The average Bonchev–Trinajstić information content (AvgIpc) is 2.88. The summed E-state index contributed by atoms with van der Waals surface area (Å²) in [6.45, 7) is 4.48. The fourth-order valence-electron chi connectivity index (χ4n) is 4.92. The molecule has 2 aliphatic heterocycles. The number of ether oxygens (including phenoxy) is 2. The summed E-state index contributed by atoms with van der Waals surface area (Å²) in [4.78, 5) is 30.7. The summed E-state index contributed by atoms with van der Waals surface area (Å²) in [6, 6.07) is 13.6. The number of unbranched alkanes of at least 4 members (excludes halogenated alkanes) is 1. The quantitative estimate of drug-likeness (QED) is 0.645. The summed E-state index contributed by atoms with van der Waals surface area (Å²) in [6.07, 6.45) is 4.94. The minimum absolute atomic E-state index is 0.0694. The molecule has 0 bridgehead atoms. The number of carbonyl (C=O) groups excluding carboxylic acids is 2. The lowest BCUT2D eigenvalue weighted by molar-refractivity contribution is -0.170. The summed E-state index contributed by atoms with van der Waals surface area (Å²) in [7, 11) is 0. The molecule has 2 aromatic carbocycles. The molecule has 0 aromatic heterocycles. The molecule has 2 heterocycles. The van der Waals surface area contributed by atoms with Gasteiger partial charge in [0.05, 0.1) is 19.7 Å². The highest BCUT2D eigenvalue weighted by molar-refractivity contribution is 5.95. The van der Waals surface area contributed by atoms with Crippen molar-refractivity contribution in [3.8, 4) is 5.75 Å². The van der Waals surface area contributed by atoms with Crippen molar-refractivity contribution in [2.24, 2.45) is 0 Å². The highest BCUT2D eigenvalue weighted by atomic mass is 19.1. The predicted molar refractivity (Wildman–Crippen MR) is 132 cm³/mol. The lowest BCUT2D eigenvalue weighted by Crippen LogP contribution is -2.62. The van der Waals surface area contributed by atoms with E-state index in [1.165, 1.54) is 29.8 Å². The zero-order valence-electron chi connectivity index (χ0n) is 20.5. The van der Waals surface area contributed by atoms with Crippen molar-refractivity contribution < 1.29 is 23.5 Å². The van der Waals surface area contributed by atoms with E-state index in [2.05, 4.69) is 13.0 Å². The highest BCUT2D eigenvalue weighted by Gasteiger charge is 2.46. The number of amides is 2. The van der Waals surface area contributed by atoms with Crippen LogP contribution in [-0.2, 0) is 16.0 Å². The lowest BCUT2D eigenvalue weighted by atomic mass is 9.90. The lowest BCUT2D eigenvalue weighted by Gasteiger charge is -2.44. The molecule has 1 atom stereocenters. The van der Waals surface area contributed by atoms with Gasteiger partial charge in [-0.05, 0) is 68.0 Å². The van der Waals surface area contributed by atoms with Gasteiger partial charge in [-0.3, -0.25) is 9.59 Å². The molecule has 0 aliphatic carbocycles. The van der Waals surface area contributed by atoms with Gasteiger partial charge in [0.15, 0.2) is 5.60 Å². The summed E-state index contributed by atoms with van der Waals surface area (Å²) < 4.78 is 25.7. The Morgan fingerprint density at radius 3 is 2.66 bits per heavy atom. The second-order valence-corrected chi connectivity index (χ2v) is 9.39. The van der Waals surface area contributed by atoms with E-state index in [0.29, 0.717) is 44.8 Å². The maximum absolute atomic E-state index is 14.0. The van der Waals surface area contributed by atoms with Crippen LogP contribution in [0, 0.1) is 5.82 Å². The van der Waals surface area contributed by atoms with Crippen LogP contribution >= 0.6 is 0 Å².